The number of nitrogens with zero attached hydrogens (tertiary/aromatic N) is 6. The number of aliphatic carboxylic acids is 2. The average molecular weight is 1310 g/mol. The number of imide groups is 1. The molecule has 0 fully saturated rings. The predicted molar refractivity (Wildman–Crippen MR) is 314 cm³/mol. The van der Waals surface area contributed by atoms with Crippen LogP contribution >= 0.6 is 0 Å². The van der Waals surface area contributed by atoms with E-state index in [2.05, 4.69) is 31.3 Å². The van der Waals surface area contributed by atoms with Crippen molar-refractivity contribution in [2.75, 3.05) is 113 Å². The smallest absolute Gasteiger partial charge is 0.300 e. The summed E-state index contributed by atoms with van der Waals surface area (Å²) in [6.07, 6.45) is 7.48. The topological polar surface area (TPSA) is 295 Å². The molecular weight excluding hydrogens is 1230 g/mol. The van der Waals surface area contributed by atoms with Crippen LogP contribution in [0, 0.1) is 39.9 Å². The molecule has 84 heavy (non-hydrogen) atoms. The molecule has 0 aliphatic carbocycles. The van der Waals surface area contributed by atoms with Crippen molar-refractivity contribution in [2.24, 2.45) is 0 Å². The molecule has 0 saturated carbocycles. The summed E-state index contributed by atoms with van der Waals surface area (Å²) < 4.78 is 40.7. The maximum Gasteiger partial charge on any atom is 0.300 e. The molecule has 5 N–H and O–H groups in total. The van der Waals surface area contributed by atoms with Gasteiger partial charge in [-0.2, -0.15) is 0 Å². The van der Waals surface area contributed by atoms with E-state index < -0.39 is 11.9 Å². The third-order valence-corrected chi connectivity index (χ3v) is 13.1. The number of aromatic nitrogens is 5. The van der Waals surface area contributed by atoms with Crippen LogP contribution in [0.4, 0.5) is 0 Å². The van der Waals surface area contributed by atoms with Crippen molar-refractivity contribution < 1.29 is 113 Å². The van der Waals surface area contributed by atoms with E-state index in [4.69, 9.17) is 77.9 Å². The van der Waals surface area contributed by atoms with E-state index in [1.54, 1.807) is 55.9 Å². The summed E-state index contributed by atoms with van der Waals surface area (Å²) in [5.41, 5.74) is 12.9. The molecule has 3 aliphatic rings. The number of carboxylic acid groups (broad SMARTS) is 2. The Balaban J connectivity index is 0.00000158. The fraction of sp³-hybridized carbons (Fsp3) is 0.475. The number of nitrogens with one attached hydrogen (secondary N) is 1. The first-order valence-electron chi connectivity index (χ1n) is 28.0. The summed E-state index contributed by atoms with van der Waals surface area (Å²) in [6.45, 7) is 15.8. The van der Waals surface area contributed by atoms with Gasteiger partial charge in [-0.05, 0) is 86.8 Å². The molecule has 0 saturated heterocycles. The first kappa shape index (κ1) is 70.5. The van der Waals surface area contributed by atoms with Crippen LogP contribution in [-0.2, 0) is 46.1 Å². The third-order valence-electron chi connectivity index (χ3n) is 13.1. The number of fused-ring (bicyclic) bond motifs is 8. The standard InChI is InChI=1S/C57H72N7O11.2C2H4O2.Gd/c1-6-40-41(7-2)47-33-49-43(15-11-20-66)39(4)53(63-49)37-60-51-35-55(75-31-29-73-27-26-71-23-22-69-5)54(34-50(51)59-36-52-38(3)42(14-10-19-65)48(62-52)32-46(40)61-47)74-30-28-72-25-24-70-21-17-58-16-18-64-56(67)44-12-8-9-13-45(44)57(64)68;2*1-2(3)4;/h8-9,12-13,32-37,58,65-66H,6-7,10-11,14-31H2,1-5H3;2*1H3,(H,3,4);/q-1;;;. The summed E-state index contributed by atoms with van der Waals surface area (Å²) in [5.74, 6) is -1.35. The molecule has 458 valence electrons. The Labute approximate surface area is 522 Å². The number of hydrogen-bond acceptors (Lipinski definition) is 18. The van der Waals surface area contributed by atoms with E-state index in [1.165, 1.54) is 4.90 Å². The van der Waals surface area contributed by atoms with Gasteiger partial charge in [0.25, 0.3) is 23.8 Å². The van der Waals surface area contributed by atoms with Gasteiger partial charge in [0.1, 0.15) is 13.2 Å². The van der Waals surface area contributed by atoms with Gasteiger partial charge in [0, 0.05) is 106 Å². The SMILES string of the molecule is CC(=O)O.CC(=O)O.CCc1c(CC)c2cc3nc(cnc4cc(OCCOCCOCCOC)c(OCCOCCOCCNCCN5C(=O)c6ccccc6C5=O)cc4ncc4nc(cc1[n-]2)C(CCCO)=C4C)C(C)=C3CCCO.[Gd]. The maximum atomic E-state index is 12.6. The van der Waals surface area contributed by atoms with Crippen molar-refractivity contribution >= 4 is 68.1 Å². The van der Waals surface area contributed by atoms with Crippen molar-refractivity contribution in [3.05, 3.63) is 106 Å². The number of aryl methyl sites for hydroxylation is 2. The first-order chi connectivity index (χ1) is 40.2. The molecule has 23 heteroatoms. The van der Waals surface area contributed by atoms with E-state index in [-0.39, 0.29) is 91.3 Å². The second kappa shape index (κ2) is 38.2. The number of carboxylic acids is 2. The van der Waals surface area contributed by atoms with Gasteiger partial charge in [-0.25, -0.2) is 9.97 Å². The Hall–Kier alpha value is -5.96. The minimum Gasteiger partial charge on any atom is -0.657 e. The molecule has 7 rings (SSSR count). The minimum absolute atomic E-state index is 0. The monoisotopic (exact) mass is 1310 g/mol. The molecule has 0 spiro atoms. The van der Waals surface area contributed by atoms with Gasteiger partial charge in [0.15, 0.2) is 11.5 Å². The van der Waals surface area contributed by atoms with E-state index in [9.17, 15) is 19.8 Å². The van der Waals surface area contributed by atoms with Crippen LogP contribution in [0.5, 0.6) is 11.5 Å². The summed E-state index contributed by atoms with van der Waals surface area (Å²) in [5, 5.41) is 37.9. The summed E-state index contributed by atoms with van der Waals surface area (Å²) in [7, 11) is 1.63. The van der Waals surface area contributed by atoms with Crippen molar-refractivity contribution in [2.45, 2.75) is 80.1 Å². The van der Waals surface area contributed by atoms with Crippen LogP contribution < -0.4 is 19.8 Å². The number of methoxy groups -OCH3 is 1. The molecular formula is C61H80GdN7O15-. The quantitative estimate of drug-likeness (QED) is 0.0249. The average Bonchev–Trinajstić information content (AvgIpc) is 3.22. The maximum absolute atomic E-state index is 12.6. The zero-order valence-corrected chi connectivity index (χ0v) is 51.4. The van der Waals surface area contributed by atoms with Gasteiger partial charge < -0.3 is 63.9 Å². The van der Waals surface area contributed by atoms with Gasteiger partial charge >= 0.3 is 0 Å². The Kier molecular flexibility index (Phi) is 32.0. The number of ether oxygens (including phenoxy) is 7. The molecule has 2 aromatic heterocycles. The zero-order chi connectivity index (χ0) is 60.1. The first-order valence-corrected chi connectivity index (χ1v) is 28.0. The molecule has 0 radical (unpaired) electrons. The second-order valence-corrected chi connectivity index (χ2v) is 19.0. The van der Waals surface area contributed by atoms with Crippen LogP contribution in [-0.4, -0.2) is 182 Å². The molecule has 0 unspecified atom stereocenters. The minimum atomic E-state index is -0.833. The van der Waals surface area contributed by atoms with Crippen LogP contribution in [0.3, 0.4) is 0 Å². The van der Waals surface area contributed by atoms with Gasteiger partial charge in [-0.3, -0.25) is 34.0 Å². The molecule has 3 aliphatic heterocycles. The van der Waals surface area contributed by atoms with Gasteiger partial charge in [-0.1, -0.05) is 49.2 Å². The largest absolute Gasteiger partial charge is 0.657 e. The summed E-state index contributed by atoms with van der Waals surface area (Å²) in [6, 6.07) is 14.6. The number of aliphatic hydroxyl groups is 2. The number of benzene rings is 2. The molecule has 6 bridgehead atoms. The number of amides is 2. The molecule has 0 atom stereocenters. The van der Waals surface area contributed by atoms with Crippen molar-refractivity contribution in [1.29, 1.82) is 0 Å². The van der Waals surface area contributed by atoms with E-state index >= 15 is 0 Å². The van der Waals surface area contributed by atoms with Crippen LogP contribution in [0.2, 0.25) is 0 Å². The fourth-order valence-corrected chi connectivity index (χ4v) is 9.09. The molecule has 4 aromatic rings. The summed E-state index contributed by atoms with van der Waals surface area (Å²) in [4.78, 5) is 70.1. The fourth-order valence-electron chi connectivity index (χ4n) is 9.09. The zero-order valence-electron chi connectivity index (χ0n) is 49.1. The Morgan fingerprint density at radius 2 is 1.00 bits per heavy atom. The normalized spacial score (nSPS) is 12.5. The number of aliphatic hydroxyl groups excluding tert-OH is 2. The number of allylic oxidation sites excluding steroid dienone is 4. The number of carbonyl (C=O) groups is 4. The van der Waals surface area contributed by atoms with Crippen molar-refractivity contribution in [3.8, 4) is 11.5 Å². The summed E-state index contributed by atoms with van der Waals surface area (Å²) >= 11 is 0. The van der Waals surface area contributed by atoms with E-state index in [0.29, 0.717) is 137 Å². The second-order valence-electron chi connectivity index (χ2n) is 19.0. The number of carbonyl (C=O) groups excluding carboxylic acids is 2. The Morgan fingerprint density at radius 1 is 0.595 bits per heavy atom. The van der Waals surface area contributed by atoms with Gasteiger partial charge in [-0.15, -0.1) is 11.0 Å². The van der Waals surface area contributed by atoms with Crippen LogP contribution in [0.15, 0.2) is 60.9 Å². The predicted octanol–water partition coefficient (Wildman–Crippen LogP) is 7.04. The van der Waals surface area contributed by atoms with Gasteiger partial charge in [0.05, 0.1) is 117 Å². The van der Waals surface area contributed by atoms with E-state index in [0.717, 1.165) is 82.5 Å². The van der Waals surface area contributed by atoms with Gasteiger partial charge in [0.2, 0.25) is 0 Å². The molecule has 2 amide bonds. The number of hydrogen-bond donors (Lipinski definition) is 5. The third kappa shape index (κ3) is 21.5. The Morgan fingerprint density at radius 3 is 1.40 bits per heavy atom. The van der Waals surface area contributed by atoms with Crippen molar-refractivity contribution in [1.82, 2.24) is 35.1 Å². The number of rotatable bonds is 31. The van der Waals surface area contributed by atoms with Crippen LogP contribution in [0.1, 0.15) is 122 Å². The van der Waals surface area contributed by atoms with E-state index in [1.807, 2.05) is 13.8 Å². The van der Waals surface area contributed by atoms with Crippen molar-refractivity contribution in [3.63, 3.8) is 0 Å². The van der Waals surface area contributed by atoms with Crippen LogP contribution in [0.25, 0.3) is 44.4 Å². The molecule has 22 nitrogen and oxygen atoms in total. The molecule has 2 aromatic carbocycles. The Bertz CT molecular complexity index is 3040. The molecule has 5 heterocycles.